The maximum absolute atomic E-state index is 12.2. The van der Waals surface area contributed by atoms with Crippen LogP contribution in [0.5, 0.6) is 17.2 Å². The zero-order valence-corrected chi connectivity index (χ0v) is 19.7. The summed E-state index contributed by atoms with van der Waals surface area (Å²) >= 11 is 0. The molecule has 2 aromatic rings. The van der Waals surface area contributed by atoms with Crippen molar-refractivity contribution in [1.29, 1.82) is 0 Å². The van der Waals surface area contributed by atoms with E-state index in [0.29, 0.717) is 23.8 Å². The van der Waals surface area contributed by atoms with E-state index in [1.807, 2.05) is 19.1 Å². The minimum absolute atomic E-state index is 0.146. The van der Waals surface area contributed by atoms with Gasteiger partial charge >= 0.3 is 6.09 Å². The van der Waals surface area contributed by atoms with Crippen molar-refractivity contribution in [1.82, 2.24) is 5.32 Å². The minimum Gasteiger partial charge on any atom is -0.492 e. The average Bonchev–Trinajstić information content (AvgIpc) is 2.76. The van der Waals surface area contributed by atoms with Gasteiger partial charge in [0.2, 0.25) is 0 Å². The van der Waals surface area contributed by atoms with Crippen LogP contribution in [0.3, 0.4) is 0 Å². The number of fused-ring (bicyclic) bond motifs is 5. The Kier molecular flexibility index (Phi) is 5.93. The number of carbonyl (C=O) groups is 1. The number of hydrogen-bond donors (Lipinski definition) is 2. The molecule has 0 saturated carbocycles. The van der Waals surface area contributed by atoms with Gasteiger partial charge in [-0.1, -0.05) is 24.3 Å². The van der Waals surface area contributed by atoms with Gasteiger partial charge in [-0.2, -0.15) is 0 Å². The summed E-state index contributed by atoms with van der Waals surface area (Å²) in [7, 11) is 1.56. The molecular weight excluding hydrogens is 416 g/mol. The number of methoxy groups -OCH3 is 1. The van der Waals surface area contributed by atoms with Gasteiger partial charge in [0.15, 0.2) is 11.5 Å². The first-order valence-electron chi connectivity index (χ1n) is 11.0. The van der Waals surface area contributed by atoms with Crippen molar-refractivity contribution in [2.45, 2.75) is 39.3 Å². The molecule has 1 atom stereocenters. The van der Waals surface area contributed by atoms with Gasteiger partial charge in [0, 0.05) is 23.4 Å². The van der Waals surface area contributed by atoms with Crippen LogP contribution < -0.4 is 24.8 Å². The average molecular weight is 447 g/mol. The van der Waals surface area contributed by atoms with Gasteiger partial charge in [0.1, 0.15) is 11.9 Å². The Morgan fingerprint density at radius 3 is 2.76 bits per heavy atom. The van der Waals surface area contributed by atoms with E-state index in [9.17, 15) is 4.79 Å². The Morgan fingerprint density at radius 1 is 1.27 bits per heavy atom. The van der Waals surface area contributed by atoms with Crippen molar-refractivity contribution >= 4 is 17.4 Å². The maximum atomic E-state index is 12.2. The Balaban J connectivity index is 1.91. The van der Waals surface area contributed by atoms with Gasteiger partial charge in [-0.15, -0.1) is 6.58 Å². The molecule has 0 saturated heterocycles. The van der Waals surface area contributed by atoms with Crippen LogP contribution in [0, 0.1) is 0 Å². The van der Waals surface area contributed by atoms with E-state index in [1.165, 1.54) is 5.57 Å². The molecule has 0 aromatic heterocycles. The van der Waals surface area contributed by atoms with Crippen LogP contribution in [0.2, 0.25) is 0 Å². The molecule has 2 heterocycles. The Hall–Kier alpha value is -3.67. The molecule has 2 N–H and O–H groups in total. The molecule has 33 heavy (non-hydrogen) atoms. The summed E-state index contributed by atoms with van der Waals surface area (Å²) < 4.78 is 17.7. The zero-order valence-electron chi connectivity index (χ0n) is 19.7. The molecule has 2 aliphatic heterocycles. The number of allylic oxidation sites excluding steroid dienone is 2. The Labute approximate surface area is 194 Å². The predicted molar refractivity (Wildman–Crippen MR) is 132 cm³/mol. The first-order valence-corrected chi connectivity index (χ1v) is 11.0. The van der Waals surface area contributed by atoms with Crippen LogP contribution in [-0.2, 0) is 0 Å². The Bertz CT molecular complexity index is 1180. The highest BCUT2D eigenvalue weighted by Gasteiger charge is 2.35. The lowest BCUT2D eigenvalue weighted by atomic mass is 9.81. The topological polar surface area (TPSA) is 68.8 Å². The fourth-order valence-electron chi connectivity index (χ4n) is 4.64. The number of nitrogens with one attached hydrogen (secondary N) is 2. The van der Waals surface area contributed by atoms with Crippen LogP contribution in [0.25, 0.3) is 16.7 Å². The van der Waals surface area contributed by atoms with Crippen LogP contribution >= 0.6 is 0 Å². The minimum atomic E-state index is -0.576. The van der Waals surface area contributed by atoms with E-state index in [4.69, 9.17) is 14.2 Å². The highest BCUT2D eigenvalue weighted by Crippen LogP contribution is 2.54. The maximum Gasteiger partial charge on any atom is 0.412 e. The van der Waals surface area contributed by atoms with E-state index in [0.717, 1.165) is 27.9 Å². The summed E-state index contributed by atoms with van der Waals surface area (Å²) in [6.45, 7) is 12.3. The van der Waals surface area contributed by atoms with E-state index in [-0.39, 0.29) is 11.6 Å². The second kappa shape index (κ2) is 8.70. The largest absolute Gasteiger partial charge is 0.492 e. The number of benzene rings is 2. The van der Waals surface area contributed by atoms with Crippen molar-refractivity contribution in [3.63, 3.8) is 0 Å². The lowest BCUT2D eigenvalue weighted by Gasteiger charge is -2.36. The molecule has 2 aromatic carbocycles. The number of rotatable bonds is 5. The number of amides is 1. The van der Waals surface area contributed by atoms with Gasteiger partial charge in [-0.3, -0.25) is 0 Å². The van der Waals surface area contributed by atoms with Crippen LogP contribution in [0.4, 0.5) is 10.5 Å². The fraction of sp³-hybridized carbons (Fsp3) is 0.296. The van der Waals surface area contributed by atoms with Crippen molar-refractivity contribution < 1.29 is 19.0 Å². The van der Waals surface area contributed by atoms with Gasteiger partial charge in [-0.25, -0.2) is 4.79 Å². The Morgan fingerprint density at radius 2 is 2.06 bits per heavy atom. The smallest absolute Gasteiger partial charge is 0.412 e. The van der Waals surface area contributed by atoms with E-state index >= 15 is 0 Å². The van der Waals surface area contributed by atoms with Crippen LogP contribution in [0.1, 0.15) is 44.9 Å². The second-order valence-corrected chi connectivity index (χ2v) is 8.72. The molecule has 0 radical (unpaired) electrons. The second-order valence-electron chi connectivity index (χ2n) is 8.72. The monoisotopic (exact) mass is 446 g/mol. The molecule has 172 valence electrons. The first kappa shape index (κ1) is 22.5. The first-order chi connectivity index (χ1) is 15.8. The van der Waals surface area contributed by atoms with Gasteiger partial charge < -0.3 is 24.8 Å². The molecule has 0 spiro atoms. The lowest BCUT2D eigenvalue weighted by molar-refractivity contribution is 0.199. The van der Waals surface area contributed by atoms with Crippen molar-refractivity contribution in [2.24, 2.45) is 0 Å². The summed E-state index contributed by atoms with van der Waals surface area (Å²) in [6.07, 6.45) is 7.04. The summed E-state index contributed by atoms with van der Waals surface area (Å²) in [5.74, 6) is 1.44. The van der Waals surface area contributed by atoms with E-state index < -0.39 is 6.09 Å². The molecular formula is C27H30N2O4. The lowest BCUT2D eigenvalue weighted by Crippen LogP contribution is -2.32. The summed E-state index contributed by atoms with van der Waals surface area (Å²) in [5, 5.41) is 6.23. The third kappa shape index (κ3) is 4.09. The molecule has 0 bridgehead atoms. The van der Waals surface area contributed by atoms with E-state index in [2.05, 4.69) is 62.3 Å². The molecule has 1 amide bonds. The zero-order chi connectivity index (χ0) is 23.8. The van der Waals surface area contributed by atoms with Gasteiger partial charge in [0.05, 0.1) is 18.2 Å². The summed E-state index contributed by atoms with van der Waals surface area (Å²) in [5.41, 5.74) is 6.03. The van der Waals surface area contributed by atoms with Crippen molar-refractivity contribution in [2.75, 3.05) is 19.0 Å². The molecule has 4 rings (SSSR count). The molecule has 2 aliphatic rings. The van der Waals surface area contributed by atoms with Gasteiger partial charge in [-0.05, 0) is 63.1 Å². The molecule has 1 unspecified atom stereocenters. The molecule has 0 fully saturated rings. The predicted octanol–water partition coefficient (Wildman–Crippen LogP) is 6.25. The standard InChI is InChI=1S/C27H30N2O4/c1-7-9-19-23-17(10-11-18-22(23)16(3)15-27(4,5)29-18)24-20(32-19)12-13-21(25(24)31-6)33-26(30)28-14-8-2/h7-13,15,19,29H,2,14H2,1,3-6H3,(H,28,30). The van der Waals surface area contributed by atoms with Crippen molar-refractivity contribution in [3.8, 4) is 28.4 Å². The van der Waals surface area contributed by atoms with Gasteiger partial charge in [0.25, 0.3) is 0 Å². The number of ether oxygens (including phenoxy) is 3. The number of hydrogen-bond acceptors (Lipinski definition) is 5. The van der Waals surface area contributed by atoms with Crippen LogP contribution in [0.15, 0.2) is 55.1 Å². The normalized spacial score (nSPS) is 17.5. The molecule has 6 heteroatoms. The molecule has 6 nitrogen and oxygen atoms in total. The van der Waals surface area contributed by atoms with E-state index in [1.54, 1.807) is 19.3 Å². The van der Waals surface area contributed by atoms with Crippen molar-refractivity contribution in [3.05, 3.63) is 66.3 Å². The third-order valence-corrected chi connectivity index (χ3v) is 5.73. The highest BCUT2D eigenvalue weighted by molar-refractivity contribution is 5.92. The quantitative estimate of drug-likeness (QED) is 0.531. The summed E-state index contributed by atoms with van der Waals surface area (Å²) in [4.78, 5) is 12.2. The third-order valence-electron chi connectivity index (χ3n) is 5.73. The highest BCUT2D eigenvalue weighted by atomic mass is 16.6. The molecule has 0 aliphatic carbocycles. The summed E-state index contributed by atoms with van der Waals surface area (Å²) in [6, 6.07) is 7.68. The number of anilines is 1. The fourth-order valence-corrected chi connectivity index (χ4v) is 4.64. The van der Waals surface area contributed by atoms with Crippen LogP contribution in [-0.4, -0.2) is 25.3 Å². The SMILES string of the molecule is C=CCNC(=O)Oc1ccc2c(c1OC)-c1ccc3c(c1C(C=CC)O2)C(C)=CC(C)(C)N3. The number of carbonyl (C=O) groups excluding carboxylic acids is 1.